The first-order valence-electron chi connectivity index (χ1n) is 6.57. The van der Waals surface area contributed by atoms with Gasteiger partial charge in [-0.05, 0) is 25.0 Å². The van der Waals surface area contributed by atoms with Crippen LogP contribution < -0.4 is 14.8 Å². The number of methoxy groups -OCH3 is 2. The first-order chi connectivity index (χ1) is 10.2. The Morgan fingerprint density at radius 3 is 2.43 bits per heavy atom. The number of hydrogen-bond donors (Lipinski definition) is 1. The van der Waals surface area contributed by atoms with Crippen LogP contribution in [-0.4, -0.2) is 30.3 Å². The van der Waals surface area contributed by atoms with E-state index in [1.54, 1.807) is 32.4 Å². The van der Waals surface area contributed by atoms with Crippen LogP contribution in [-0.2, 0) is 4.79 Å². The van der Waals surface area contributed by atoms with Crippen LogP contribution >= 0.6 is 0 Å². The third-order valence-electron chi connectivity index (χ3n) is 3.20. The molecule has 7 heteroatoms. The Morgan fingerprint density at radius 2 is 1.86 bits per heavy atom. The number of benzene rings is 1. The van der Waals surface area contributed by atoms with Gasteiger partial charge in [0.25, 0.3) is 0 Å². The average molecular weight is 289 g/mol. The number of ether oxygens (including phenoxy) is 2. The predicted molar refractivity (Wildman–Crippen MR) is 74.2 cm³/mol. The summed E-state index contributed by atoms with van der Waals surface area (Å²) in [7, 11) is 3.13. The van der Waals surface area contributed by atoms with Gasteiger partial charge in [-0.3, -0.25) is 10.1 Å². The summed E-state index contributed by atoms with van der Waals surface area (Å²) in [5, 5.41) is 10.4. The minimum atomic E-state index is -0.0755. The van der Waals surface area contributed by atoms with Gasteiger partial charge in [-0.15, -0.1) is 5.10 Å². The number of nitrogens with zero attached hydrogens (tertiary/aromatic N) is 2. The summed E-state index contributed by atoms with van der Waals surface area (Å²) < 4.78 is 15.8. The molecule has 3 rings (SSSR count). The van der Waals surface area contributed by atoms with Gasteiger partial charge >= 0.3 is 6.01 Å². The third-order valence-corrected chi connectivity index (χ3v) is 3.20. The van der Waals surface area contributed by atoms with Crippen LogP contribution in [0.1, 0.15) is 12.8 Å². The quantitative estimate of drug-likeness (QED) is 0.907. The van der Waals surface area contributed by atoms with Crippen LogP contribution in [0.2, 0.25) is 0 Å². The van der Waals surface area contributed by atoms with E-state index in [1.807, 2.05) is 0 Å². The standard InChI is InChI=1S/C14H15N3O4/c1-19-10-5-9(6-11(7-10)20-2)13-16-17-14(21-13)15-12(18)8-3-4-8/h5-8H,3-4H2,1-2H3,(H,15,17,18). The predicted octanol–water partition coefficient (Wildman–Crippen LogP) is 2.10. The van der Waals surface area contributed by atoms with Crippen molar-refractivity contribution >= 4 is 11.9 Å². The fourth-order valence-corrected chi connectivity index (χ4v) is 1.87. The average Bonchev–Trinajstić information content (AvgIpc) is 3.27. The SMILES string of the molecule is COc1cc(OC)cc(-c2nnc(NC(=O)C3CC3)o2)c1. The van der Waals surface area contributed by atoms with Gasteiger partial charge in [0.15, 0.2) is 0 Å². The highest BCUT2D eigenvalue weighted by Crippen LogP contribution is 2.31. The number of nitrogens with one attached hydrogen (secondary N) is 1. The fourth-order valence-electron chi connectivity index (χ4n) is 1.87. The van der Waals surface area contributed by atoms with E-state index in [9.17, 15) is 4.79 Å². The van der Waals surface area contributed by atoms with Crippen LogP contribution in [0.25, 0.3) is 11.5 Å². The molecule has 1 aromatic carbocycles. The van der Waals surface area contributed by atoms with E-state index in [0.717, 1.165) is 12.8 Å². The molecule has 0 bridgehead atoms. The number of amides is 1. The Morgan fingerprint density at radius 1 is 1.19 bits per heavy atom. The van der Waals surface area contributed by atoms with E-state index >= 15 is 0 Å². The van der Waals surface area contributed by atoms with Crippen LogP contribution in [0, 0.1) is 5.92 Å². The van der Waals surface area contributed by atoms with Crippen molar-refractivity contribution in [1.82, 2.24) is 10.2 Å². The second kappa shape index (κ2) is 5.43. The highest BCUT2D eigenvalue weighted by atomic mass is 16.5. The summed E-state index contributed by atoms with van der Waals surface area (Å²) in [6.07, 6.45) is 1.83. The van der Waals surface area contributed by atoms with Crippen molar-refractivity contribution in [3.63, 3.8) is 0 Å². The molecule has 1 aliphatic carbocycles. The lowest BCUT2D eigenvalue weighted by Gasteiger charge is -2.05. The second-order valence-electron chi connectivity index (χ2n) is 4.78. The molecule has 0 unspecified atom stereocenters. The van der Waals surface area contributed by atoms with Gasteiger partial charge in [-0.1, -0.05) is 5.10 Å². The van der Waals surface area contributed by atoms with Crippen molar-refractivity contribution in [3.05, 3.63) is 18.2 Å². The van der Waals surface area contributed by atoms with Gasteiger partial charge < -0.3 is 13.9 Å². The second-order valence-corrected chi connectivity index (χ2v) is 4.78. The molecule has 0 radical (unpaired) electrons. The molecule has 0 atom stereocenters. The number of carbonyl (C=O) groups excluding carboxylic acids is 1. The number of hydrogen-bond acceptors (Lipinski definition) is 6. The summed E-state index contributed by atoms with van der Waals surface area (Å²) >= 11 is 0. The van der Waals surface area contributed by atoms with Gasteiger partial charge in [-0.25, -0.2) is 0 Å². The zero-order valence-corrected chi connectivity index (χ0v) is 11.8. The van der Waals surface area contributed by atoms with Crippen molar-refractivity contribution in [2.24, 2.45) is 5.92 Å². The van der Waals surface area contributed by atoms with E-state index in [-0.39, 0.29) is 17.8 Å². The summed E-state index contributed by atoms with van der Waals surface area (Å²) in [5.74, 6) is 1.53. The molecular weight excluding hydrogens is 274 g/mol. The number of rotatable bonds is 5. The highest BCUT2D eigenvalue weighted by Gasteiger charge is 2.30. The highest BCUT2D eigenvalue weighted by molar-refractivity contribution is 5.92. The fraction of sp³-hybridized carbons (Fsp3) is 0.357. The number of carbonyl (C=O) groups is 1. The van der Waals surface area contributed by atoms with Crippen LogP contribution in [0.3, 0.4) is 0 Å². The molecule has 2 aromatic rings. The maximum Gasteiger partial charge on any atom is 0.322 e. The van der Waals surface area contributed by atoms with Crippen molar-refractivity contribution in [3.8, 4) is 23.0 Å². The van der Waals surface area contributed by atoms with Gasteiger partial charge in [0.1, 0.15) is 11.5 Å². The summed E-state index contributed by atoms with van der Waals surface area (Å²) in [6.45, 7) is 0. The van der Waals surface area contributed by atoms with E-state index in [0.29, 0.717) is 23.0 Å². The molecule has 0 spiro atoms. The summed E-state index contributed by atoms with van der Waals surface area (Å²) in [6, 6.07) is 5.35. The molecule has 1 fully saturated rings. The van der Waals surface area contributed by atoms with Crippen molar-refractivity contribution < 1.29 is 18.7 Å². The zero-order valence-electron chi connectivity index (χ0n) is 11.8. The molecule has 1 amide bonds. The van der Waals surface area contributed by atoms with E-state index in [2.05, 4.69) is 15.5 Å². The lowest BCUT2D eigenvalue weighted by molar-refractivity contribution is -0.117. The maximum atomic E-state index is 11.6. The molecule has 1 saturated carbocycles. The topological polar surface area (TPSA) is 86.5 Å². The zero-order chi connectivity index (χ0) is 14.8. The van der Waals surface area contributed by atoms with Crippen LogP contribution in [0.4, 0.5) is 6.01 Å². The minimum Gasteiger partial charge on any atom is -0.497 e. The molecule has 7 nitrogen and oxygen atoms in total. The molecule has 1 N–H and O–H groups in total. The number of anilines is 1. The summed E-state index contributed by atoms with van der Waals surface area (Å²) in [4.78, 5) is 11.6. The molecule has 21 heavy (non-hydrogen) atoms. The lowest BCUT2D eigenvalue weighted by atomic mass is 10.2. The Bertz CT molecular complexity index is 642. The van der Waals surface area contributed by atoms with E-state index in [1.165, 1.54) is 0 Å². The minimum absolute atomic E-state index is 0.0755. The van der Waals surface area contributed by atoms with E-state index in [4.69, 9.17) is 13.9 Å². The van der Waals surface area contributed by atoms with Crippen molar-refractivity contribution in [1.29, 1.82) is 0 Å². The largest absolute Gasteiger partial charge is 0.497 e. The molecule has 1 heterocycles. The number of aromatic nitrogens is 2. The van der Waals surface area contributed by atoms with Gasteiger partial charge in [0.05, 0.1) is 14.2 Å². The monoisotopic (exact) mass is 289 g/mol. The molecular formula is C14H15N3O4. The van der Waals surface area contributed by atoms with Gasteiger partial charge in [-0.2, -0.15) is 0 Å². The van der Waals surface area contributed by atoms with Crippen molar-refractivity contribution in [2.45, 2.75) is 12.8 Å². The molecule has 1 aromatic heterocycles. The molecule has 1 aliphatic rings. The summed E-state index contributed by atoms with van der Waals surface area (Å²) in [5.41, 5.74) is 0.658. The third kappa shape index (κ3) is 2.96. The molecule has 0 aliphatic heterocycles. The Kier molecular flexibility index (Phi) is 3.47. The Balaban J connectivity index is 1.83. The smallest absolute Gasteiger partial charge is 0.322 e. The van der Waals surface area contributed by atoms with Crippen LogP contribution in [0.15, 0.2) is 22.6 Å². The molecule has 110 valence electrons. The molecule has 0 saturated heterocycles. The first kappa shape index (κ1) is 13.4. The van der Waals surface area contributed by atoms with E-state index < -0.39 is 0 Å². The lowest BCUT2D eigenvalue weighted by Crippen LogP contribution is -2.13. The first-order valence-corrected chi connectivity index (χ1v) is 6.57. The van der Waals surface area contributed by atoms with Crippen LogP contribution in [0.5, 0.6) is 11.5 Å². The van der Waals surface area contributed by atoms with Crippen molar-refractivity contribution in [2.75, 3.05) is 19.5 Å². The normalized spacial score (nSPS) is 13.8. The van der Waals surface area contributed by atoms with Gasteiger partial charge in [0, 0.05) is 17.5 Å². The maximum absolute atomic E-state index is 11.6. The Hall–Kier alpha value is -2.57. The van der Waals surface area contributed by atoms with Gasteiger partial charge in [0.2, 0.25) is 11.8 Å². The Labute approximate surface area is 121 Å².